The smallest absolute Gasteiger partial charge is 0.335 e. The van der Waals surface area contributed by atoms with E-state index in [-0.39, 0.29) is 17.2 Å². The second-order valence-electron chi connectivity index (χ2n) is 4.94. The Hall–Kier alpha value is -3.19. The standard InChI is InChI=1S/C17H13N3O3S/c18-15-14(13(21)10-5-2-1-3-6-10)24-17(20-15)19-12-8-4-7-11(9-12)16(22)23/h1-9H,18H2,(H,19,20)(H,22,23). The molecule has 7 heteroatoms. The van der Waals surface area contributed by atoms with Gasteiger partial charge in [0, 0.05) is 11.3 Å². The summed E-state index contributed by atoms with van der Waals surface area (Å²) >= 11 is 1.13. The number of anilines is 3. The normalized spacial score (nSPS) is 10.3. The predicted octanol–water partition coefficient (Wildman–Crippen LogP) is 3.40. The first-order chi connectivity index (χ1) is 11.5. The summed E-state index contributed by atoms with van der Waals surface area (Å²) < 4.78 is 0. The van der Waals surface area contributed by atoms with E-state index >= 15 is 0 Å². The summed E-state index contributed by atoms with van der Waals surface area (Å²) in [5, 5.41) is 12.4. The van der Waals surface area contributed by atoms with Crippen LogP contribution in [0.3, 0.4) is 0 Å². The number of rotatable bonds is 5. The lowest BCUT2D eigenvalue weighted by molar-refractivity contribution is 0.0696. The van der Waals surface area contributed by atoms with E-state index in [0.717, 1.165) is 11.3 Å². The molecule has 4 N–H and O–H groups in total. The third-order valence-electron chi connectivity index (χ3n) is 3.26. The lowest BCUT2D eigenvalue weighted by Gasteiger charge is -2.03. The fourth-order valence-corrected chi connectivity index (χ4v) is 2.99. The number of aromatic nitrogens is 1. The Balaban J connectivity index is 1.86. The van der Waals surface area contributed by atoms with Gasteiger partial charge < -0.3 is 16.2 Å². The number of thiazole rings is 1. The van der Waals surface area contributed by atoms with Crippen LogP contribution in [0.5, 0.6) is 0 Å². The highest BCUT2D eigenvalue weighted by Gasteiger charge is 2.18. The summed E-state index contributed by atoms with van der Waals surface area (Å²) in [4.78, 5) is 28.0. The molecular formula is C17H13N3O3S. The Morgan fingerprint density at radius 1 is 1.04 bits per heavy atom. The first-order valence-electron chi connectivity index (χ1n) is 7.01. The van der Waals surface area contributed by atoms with Crippen LogP contribution >= 0.6 is 11.3 Å². The highest BCUT2D eigenvalue weighted by atomic mass is 32.1. The molecule has 1 heterocycles. The van der Waals surface area contributed by atoms with E-state index in [9.17, 15) is 9.59 Å². The summed E-state index contributed by atoms with van der Waals surface area (Å²) in [5.41, 5.74) is 7.11. The van der Waals surface area contributed by atoms with E-state index < -0.39 is 5.97 Å². The SMILES string of the molecule is Nc1nc(Nc2cccc(C(=O)O)c2)sc1C(=O)c1ccccc1. The highest BCUT2D eigenvalue weighted by Crippen LogP contribution is 2.29. The van der Waals surface area contributed by atoms with Gasteiger partial charge in [0.2, 0.25) is 5.78 Å². The fraction of sp³-hybridized carbons (Fsp3) is 0. The fourth-order valence-electron chi connectivity index (χ4n) is 2.12. The Morgan fingerprint density at radius 3 is 2.46 bits per heavy atom. The van der Waals surface area contributed by atoms with E-state index in [1.165, 1.54) is 12.1 Å². The number of nitrogens with two attached hydrogens (primary N) is 1. The number of hydrogen-bond acceptors (Lipinski definition) is 6. The Labute approximate surface area is 141 Å². The van der Waals surface area contributed by atoms with E-state index in [1.54, 1.807) is 36.4 Å². The number of benzene rings is 2. The molecule has 0 atom stereocenters. The van der Waals surface area contributed by atoms with Crippen molar-refractivity contribution in [2.24, 2.45) is 0 Å². The molecule has 0 spiro atoms. The zero-order valence-corrected chi connectivity index (χ0v) is 13.2. The Kier molecular flexibility index (Phi) is 4.26. The van der Waals surface area contributed by atoms with Gasteiger partial charge in [-0.3, -0.25) is 4.79 Å². The van der Waals surface area contributed by atoms with Crippen molar-refractivity contribution in [3.8, 4) is 0 Å². The zero-order chi connectivity index (χ0) is 17.1. The maximum Gasteiger partial charge on any atom is 0.335 e. The molecule has 2 aromatic carbocycles. The zero-order valence-electron chi connectivity index (χ0n) is 12.4. The Morgan fingerprint density at radius 2 is 1.75 bits per heavy atom. The van der Waals surface area contributed by atoms with Gasteiger partial charge >= 0.3 is 5.97 Å². The minimum Gasteiger partial charge on any atom is -0.478 e. The maximum absolute atomic E-state index is 12.5. The van der Waals surface area contributed by atoms with Gasteiger partial charge in [0.15, 0.2) is 5.13 Å². The van der Waals surface area contributed by atoms with Gasteiger partial charge in [-0.1, -0.05) is 47.7 Å². The van der Waals surface area contributed by atoms with Gasteiger partial charge in [-0.2, -0.15) is 0 Å². The van der Waals surface area contributed by atoms with Crippen molar-refractivity contribution in [2.45, 2.75) is 0 Å². The second-order valence-corrected chi connectivity index (χ2v) is 5.94. The van der Waals surface area contributed by atoms with Crippen LogP contribution in [0.25, 0.3) is 0 Å². The van der Waals surface area contributed by atoms with Crippen LogP contribution in [-0.4, -0.2) is 21.8 Å². The number of carbonyl (C=O) groups is 2. The molecule has 1 aromatic heterocycles. The first-order valence-corrected chi connectivity index (χ1v) is 7.82. The minimum absolute atomic E-state index is 0.144. The van der Waals surface area contributed by atoms with Gasteiger partial charge in [0.25, 0.3) is 0 Å². The summed E-state index contributed by atoms with van der Waals surface area (Å²) in [5.74, 6) is -1.07. The van der Waals surface area contributed by atoms with Crippen molar-refractivity contribution in [1.29, 1.82) is 0 Å². The van der Waals surface area contributed by atoms with Crippen LogP contribution in [0.15, 0.2) is 54.6 Å². The summed E-state index contributed by atoms with van der Waals surface area (Å²) in [6.45, 7) is 0. The third-order valence-corrected chi connectivity index (χ3v) is 4.24. The third kappa shape index (κ3) is 3.26. The van der Waals surface area contributed by atoms with Crippen LogP contribution in [0, 0.1) is 0 Å². The average molecular weight is 339 g/mol. The molecule has 0 bridgehead atoms. The number of ketones is 1. The van der Waals surface area contributed by atoms with Crippen LogP contribution in [0.1, 0.15) is 25.6 Å². The first kappa shape index (κ1) is 15.7. The van der Waals surface area contributed by atoms with E-state index in [4.69, 9.17) is 10.8 Å². The minimum atomic E-state index is -1.02. The molecule has 0 saturated heterocycles. The van der Waals surface area contributed by atoms with Crippen molar-refractivity contribution in [1.82, 2.24) is 4.98 Å². The number of nitrogen functional groups attached to an aromatic ring is 1. The van der Waals surface area contributed by atoms with E-state index in [2.05, 4.69) is 10.3 Å². The molecule has 0 aliphatic carbocycles. The molecule has 0 aliphatic heterocycles. The van der Waals surface area contributed by atoms with Crippen molar-refractivity contribution in [2.75, 3.05) is 11.1 Å². The van der Waals surface area contributed by atoms with E-state index in [1.807, 2.05) is 6.07 Å². The van der Waals surface area contributed by atoms with Crippen molar-refractivity contribution >= 4 is 39.7 Å². The molecule has 0 saturated carbocycles. The largest absolute Gasteiger partial charge is 0.478 e. The molecule has 0 radical (unpaired) electrons. The quantitative estimate of drug-likeness (QED) is 0.615. The van der Waals surface area contributed by atoms with Gasteiger partial charge in [-0.05, 0) is 18.2 Å². The maximum atomic E-state index is 12.5. The molecular weight excluding hydrogens is 326 g/mol. The van der Waals surface area contributed by atoms with Crippen molar-refractivity contribution in [3.63, 3.8) is 0 Å². The van der Waals surface area contributed by atoms with Crippen LogP contribution in [-0.2, 0) is 0 Å². The van der Waals surface area contributed by atoms with Gasteiger partial charge in [0.05, 0.1) is 5.56 Å². The lowest BCUT2D eigenvalue weighted by atomic mass is 10.1. The predicted molar refractivity (Wildman–Crippen MR) is 93.1 cm³/mol. The molecule has 0 unspecified atom stereocenters. The van der Waals surface area contributed by atoms with Gasteiger partial charge in [-0.25, -0.2) is 9.78 Å². The lowest BCUT2D eigenvalue weighted by Crippen LogP contribution is -2.02. The number of carboxylic acids is 1. The summed E-state index contributed by atoms with van der Waals surface area (Å²) in [6, 6.07) is 15.1. The van der Waals surface area contributed by atoms with Gasteiger partial charge in [-0.15, -0.1) is 0 Å². The van der Waals surface area contributed by atoms with Crippen LogP contribution in [0.4, 0.5) is 16.6 Å². The monoisotopic (exact) mass is 339 g/mol. The van der Waals surface area contributed by atoms with E-state index in [0.29, 0.717) is 21.3 Å². The second kappa shape index (κ2) is 6.51. The highest BCUT2D eigenvalue weighted by molar-refractivity contribution is 7.18. The van der Waals surface area contributed by atoms with Crippen molar-refractivity contribution < 1.29 is 14.7 Å². The molecule has 0 fully saturated rings. The number of nitrogens with one attached hydrogen (secondary N) is 1. The number of carbonyl (C=O) groups excluding carboxylic acids is 1. The van der Waals surface area contributed by atoms with Gasteiger partial charge in [0.1, 0.15) is 10.7 Å². The number of nitrogens with zero attached hydrogens (tertiary/aromatic N) is 1. The molecule has 3 rings (SSSR count). The number of carboxylic acid groups (broad SMARTS) is 1. The average Bonchev–Trinajstić information content (AvgIpc) is 2.95. The molecule has 6 nitrogen and oxygen atoms in total. The summed E-state index contributed by atoms with van der Waals surface area (Å²) in [6.07, 6.45) is 0. The molecule has 24 heavy (non-hydrogen) atoms. The molecule has 0 aliphatic rings. The topological polar surface area (TPSA) is 105 Å². The molecule has 120 valence electrons. The van der Waals surface area contributed by atoms with Crippen LogP contribution in [0.2, 0.25) is 0 Å². The molecule has 0 amide bonds. The summed E-state index contributed by atoms with van der Waals surface area (Å²) in [7, 11) is 0. The number of aromatic carboxylic acids is 1. The van der Waals surface area contributed by atoms with Crippen LogP contribution < -0.4 is 11.1 Å². The Bertz CT molecular complexity index is 906. The molecule has 3 aromatic rings. The number of hydrogen-bond donors (Lipinski definition) is 3. The van der Waals surface area contributed by atoms with Crippen molar-refractivity contribution in [3.05, 3.63) is 70.6 Å².